The lowest BCUT2D eigenvalue weighted by atomic mass is 9.92. The van der Waals surface area contributed by atoms with Crippen LogP contribution in [-0.4, -0.2) is 43.1 Å². The summed E-state index contributed by atoms with van der Waals surface area (Å²) in [6.07, 6.45) is 0.724. The second-order valence-corrected chi connectivity index (χ2v) is 8.82. The minimum absolute atomic E-state index is 0.100. The Kier molecular flexibility index (Phi) is 10.3. The maximum absolute atomic E-state index is 12.6. The molecular weight excluding hydrogens is 460 g/mol. The van der Waals surface area contributed by atoms with E-state index in [0.717, 1.165) is 9.35 Å². The van der Waals surface area contributed by atoms with E-state index in [1.54, 1.807) is 17.6 Å². The lowest BCUT2D eigenvalue weighted by Gasteiger charge is -2.23. The molecule has 2 amide bonds. The molecule has 2 atom stereocenters. The van der Waals surface area contributed by atoms with E-state index in [9.17, 15) is 9.59 Å². The molecule has 29 heavy (non-hydrogen) atoms. The monoisotopic (exact) mass is 484 g/mol. The number of halogens is 1. The van der Waals surface area contributed by atoms with Gasteiger partial charge in [-0.25, -0.2) is 5.48 Å². The lowest BCUT2D eigenvalue weighted by molar-refractivity contribution is -0.134. The van der Waals surface area contributed by atoms with Crippen molar-refractivity contribution in [2.45, 2.75) is 25.8 Å². The third kappa shape index (κ3) is 8.23. The molecule has 0 saturated heterocycles. The van der Waals surface area contributed by atoms with Crippen LogP contribution >= 0.6 is 27.3 Å². The van der Waals surface area contributed by atoms with Gasteiger partial charge >= 0.3 is 0 Å². The largest absolute Gasteiger partial charge is 0.356 e. The van der Waals surface area contributed by atoms with Crippen LogP contribution in [0, 0.1) is 5.92 Å². The molecule has 9 heteroatoms. The average Bonchev–Trinajstić information content (AvgIpc) is 3.17. The van der Waals surface area contributed by atoms with Crippen molar-refractivity contribution in [3.63, 3.8) is 0 Å². The van der Waals surface area contributed by atoms with Crippen molar-refractivity contribution in [3.8, 4) is 0 Å². The van der Waals surface area contributed by atoms with Crippen LogP contribution in [0.5, 0.6) is 0 Å². The number of carbonyl (C=O) groups is 2. The van der Waals surface area contributed by atoms with Crippen LogP contribution in [0.1, 0.15) is 28.6 Å². The van der Waals surface area contributed by atoms with Gasteiger partial charge in [0.1, 0.15) is 6.79 Å². The topological polar surface area (TPSA) is 96.9 Å². The van der Waals surface area contributed by atoms with E-state index >= 15 is 0 Å². The molecule has 3 N–H and O–H groups in total. The number of carbonyl (C=O) groups excluding carboxylic acids is 2. The molecule has 0 aliphatic rings. The first-order chi connectivity index (χ1) is 14.0. The van der Waals surface area contributed by atoms with Crippen LogP contribution in [0.2, 0.25) is 0 Å². The summed E-state index contributed by atoms with van der Waals surface area (Å²) in [6, 6.07) is 12.6. The molecule has 0 radical (unpaired) electrons. The summed E-state index contributed by atoms with van der Waals surface area (Å²) in [6.45, 7) is 2.66. The second-order valence-electron chi connectivity index (χ2n) is 6.35. The number of hydrogen-bond acceptors (Lipinski definition) is 6. The van der Waals surface area contributed by atoms with Gasteiger partial charge in [0, 0.05) is 12.5 Å². The summed E-state index contributed by atoms with van der Waals surface area (Å²) in [5.41, 5.74) is 2.70. The molecule has 1 heterocycles. The molecule has 158 valence electrons. The first kappa shape index (κ1) is 23.5. The fourth-order valence-corrected chi connectivity index (χ4v) is 4.10. The molecular formula is C20H25BrN2O5S. The van der Waals surface area contributed by atoms with Crippen molar-refractivity contribution in [1.29, 1.82) is 0 Å². The number of ether oxygens (including phenoxy) is 2. The number of rotatable bonds is 12. The molecule has 0 aliphatic heterocycles. The Bertz CT molecular complexity index is 771. The molecule has 7 nitrogen and oxygen atoms in total. The molecule has 0 aliphatic carbocycles. The third-order valence-electron chi connectivity index (χ3n) is 4.20. The van der Waals surface area contributed by atoms with Crippen LogP contribution in [0.25, 0.3) is 0 Å². The van der Waals surface area contributed by atoms with Crippen molar-refractivity contribution in [3.05, 3.63) is 56.7 Å². The van der Waals surface area contributed by atoms with Crippen molar-refractivity contribution >= 4 is 39.1 Å². The summed E-state index contributed by atoms with van der Waals surface area (Å²) in [5, 5.41) is 12.1. The fraction of sp³-hybridized carbons (Fsp3) is 0.400. The molecule has 0 bridgehead atoms. The predicted octanol–water partition coefficient (Wildman–Crippen LogP) is 3.37. The third-order valence-corrected chi connectivity index (χ3v) is 5.82. The Morgan fingerprint density at radius 1 is 1.17 bits per heavy atom. The Balaban J connectivity index is 2.08. The maximum atomic E-state index is 12.6. The summed E-state index contributed by atoms with van der Waals surface area (Å²) < 4.78 is 11.5. The molecule has 0 saturated carbocycles. The number of hydroxylamine groups is 1. The highest BCUT2D eigenvalue weighted by atomic mass is 79.9. The Morgan fingerprint density at radius 2 is 1.93 bits per heavy atom. The van der Waals surface area contributed by atoms with Crippen molar-refractivity contribution in [1.82, 2.24) is 10.8 Å². The van der Waals surface area contributed by atoms with Gasteiger partial charge in [0.2, 0.25) is 5.91 Å². The fourth-order valence-electron chi connectivity index (χ4n) is 2.81. The van der Waals surface area contributed by atoms with Gasteiger partial charge < -0.3 is 14.8 Å². The molecule has 1 aromatic heterocycles. The normalized spacial score (nSPS) is 12.9. The SMILES string of the molecule is CCOCOC[C@H](C[C@H](Cc1ccccc1)C(=O)NO)NC(=O)c1ccc(Br)s1. The number of amides is 2. The Hall–Kier alpha value is -1.78. The van der Waals surface area contributed by atoms with Crippen molar-refractivity contribution in [2.24, 2.45) is 5.92 Å². The van der Waals surface area contributed by atoms with Gasteiger partial charge in [0.25, 0.3) is 5.91 Å². The van der Waals surface area contributed by atoms with Gasteiger partial charge in [-0.1, -0.05) is 30.3 Å². The van der Waals surface area contributed by atoms with Gasteiger partial charge in [-0.2, -0.15) is 0 Å². The highest BCUT2D eigenvalue weighted by molar-refractivity contribution is 9.11. The summed E-state index contributed by atoms with van der Waals surface area (Å²) in [4.78, 5) is 25.4. The average molecular weight is 485 g/mol. The zero-order valence-corrected chi connectivity index (χ0v) is 18.5. The molecule has 0 fully saturated rings. The highest BCUT2D eigenvalue weighted by Crippen LogP contribution is 2.22. The summed E-state index contributed by atoms with van der Waals surface area (Å²) in [5.74, 6) is -1.29. The quantitative estimate of drug-likeness (QED) is 0.185. The van der Waals surface area contributed by atoms with Crippen molar-refractivity contribution < 1.29 is 24.3 Å². The zero-order valence-electron chi connectivity index (χ0n) is 16.1. The van der Waals surface area contributed by atoms with Gasteiger partial charge in [0.05, 0.1) is 21.3 Å². The zero-order chi connectivity index (χ0) is 21.1. The molecule has 2 rings (SSSR count). The van der Waals surface area contributed by atoms with Gasteiger partial charge in [-0.15, -0.1) is 11.3 Å². The van der Waals surface area contributed by atoms with E-state index in [1.165, 1.54) is 11.3 Å². The maximum Gasteiger partial charge on any atom is 0.261 e. The van der Waals surface area contributed by atoms with Gasteiger partial charge in [0.15, 0.2) is 0 Å². The van der Waals surface area contributed by atoms with Crippen LogP contribution in [0.3, 0.4) is 0 Å². The Morgan fingerprint density at radius 3 is 2.55 bits per heavy atom. The minimum atomic E-state index is -0.543. The summed E-state index contributed by atoms with van der Waals surface area (Å²) >= 11 is 4.67. The van der Waals surface area contributed by atoms with E-state index in [2.05, 4.69) is 21.2 Å². The second kappa shape index (κ2) is 12.7. The van der Waals surface area contributed by atoms with Crippen LogP contribution in [-0.2, 0) is 20.7 Å². The predicted molar refractivity (Wildman–Crippen MR) is 114 cm³/mol. The lowest BCUT2D eigenvalue weighted by Crippen LogP contribution is -2.42. The standard InChI is InChI=1S/C20H25BrN2O5S/c1-2-27-13-28-12-16(22-20(25)17-8-9-18(21)29-17)11-15(19(24)23-26)10-14-6-4-3-5-7-14/h3-9,15-16,26H,2,10-13H2,1H3,(H,22,25)(H,23,24)/t15-,16-/m0/s1. The number of thiophene rings is 1. The van der Waals surface area contributed by atoms with E-state index in [1.807, 2.05) is 37.3 Å². The van der Waals surface area contributed by atoms with Crippen LogP contribution in [0.15, 0.2) is 46.3 Å². The van der Waals surface area contributed by atoms with Crippen LogP contribution < -0.4 is 10.8 Å². The first-order valence-corrected chi connectivity index (χ1v) is 10.8. The van der Waals surface area contributed by atoms with E-state index < -0.39 is 17.9 Å². The molecule has 2 aromatic rings. The smallest absolute Gasteiger partial charge is 0.261 e. The molecule has 1 aromatic carbocycles. The van der Waals surface area contributed by atoms with Gasteiger partial charge in [-0.05, 0) is 53.4 Å². The van der Waals surface area contributed by atoms with Gasteiger partial charge in [-0.3, -0.25) is 14.8 Å². The first-order valence-electron chi connectivity index (χ1n) is 9.23. The highest BCUT2D eigenvalue weighted by Gasteiger charge is 2.25. The van der Waals surface area contributed by atoms with E-state index in [4.69, 9.17) is 14.7 Å². The Labute approximate surface area is 182 Å². The van der Waals surface area contributed by atoms with Crippen molar-refractivity contribution in [2.75, 3.05) is 20.0 Å². The van der Waals surface area contributed by atoms with Crippen LogP contribution in [0.4, 0.5) is 0 Å². The molecule has 0 unspecified atom stereocenters. The molecule has 0 spiro atoms. The van der Waals surface area contributed by atoms with E-state index in [-0.39, 0.29) is 19.3 Å². The number of nitrogens with one attached hydrogen (secondary N) is 2. The number of hydrogen-bond donors (Lipinski definition) is 3. The number of benzene rings is 1. The summed E-state index contributed by atoms with van der Waals surface area (Å²) in [7, 11) is 0. The minimum Gasteiger partial charge on any atom is -0.356 e. The van der Waals surface area contributed by atoms with E-state index in [0.29, 0.717) is 24.3 Å².